The van der Waals surface area contributed by atoms with E-state index >= 15 is 0 Å². The van der Waals surface area contributed by atoms with E-state index in [9.17, 15) is 8.42 Å². The van der Waals surface area contributed by atoms with Gasteiger partial charge in [0.15, 0.2) is 0 Å². The normalized spacial score (nSPS) is 22.8. The van der Waals surface area contributed by atoms with Crippen LogP contribution in [0, 0.1) is 6.92 Å². The molecule has 1 N–H and O–H groups in total. The quantitative estimate of drug-likeness (QED) is 0.714. The van der Waals surface area contributed by atoms with Crippen molar-refractivity contribution in [2.24, 2.45) is 0 Å². The molecule has 4 nitrogen and oxygen atoms in total. The Kier molecular flexibility index (Phi) is 7.62. The van der Waals surface area contributed by atoms with Crippen LogP contribution in [-0.2, 0) is 27.3 Å². The zero-order chi connectivity index (χ0) is 15.2. The summed E-state index contributed by atoms with van der Waals surface area (Å²) in [5.41, 5.74) is 8.87. The number of halogens is 1. The molecule has 0 unspecified atom stereocenters. The van der Waals surface area contributed by atoms with Gasteiger partial charge in [0.2, 0.25) is 0 Å². The van der Waals surface area contributed by atoms with E-state index in [2.05, 4.69) is 14.4 Å². The van der Waals surface area contributed by atoms with Gasteiger partial charge in [0.05, 0.1) is 0 Å². The van der Waals surface area contributed by atoms with Gasteiger partial charge in [-0.3, -0.25) is 0 Å². The fraction of sp³-hybridized carbons (Fsp3) is 0.538. The standard InChI is InChI=1S/C13H18N2O2S.ClH.Ru/c1-10-6-8-11(9-7-10)18(16,17)15-13-5-3-2-4-12(13)14;;/h6-9,12-14H,2-5H2,1H3;1H;/q-2;;+3/p-1/t12-,13-;;/m0../s1. The Morgan fingerprint density at radius 1 is 1.20 bits per heavy atom. The van der Waals surface area contributed by atoms with E-state index in [0.717, 1.165) is 24.8 Å². The summed E-state index contributed by atoms with van der Waals surface area (Å²) in [6.45, 7) is 1.91. The van der Waals surface area contributed by atoms with Crippen molar-refractivity contribution in [3.8, 4) is 0 Å². The van der Waals surface area contributed by atoms with Crippen LogP contribution in [0.15, 0.2) is 29.2 Å². The van der Waals surface area contributed by atoms with Crippen molar-refractivity contribution >= 4 is 19.7 Å². The maximum atomic E-state index is 12.1. The monoisotopic (exact) mass is 403 g/mol. The van der Waals surface area contributed by atoms with Crippen LogP contribution in [0.1, 0.15) is 31.2 Å². The summed E-state index contributed by atoms with van der Waals surface area (Å²) in [5.74, 6) is 0. The molecule has 0 radical (unpaired) electrons. The number of hydrogen-bond donors (Lipinski definition) is 0. The van der Waals surface area contributed by atoms with Gasteiger partial charge >= 0.3 is 27.0 Å². The van der Waals surface area contributed by atoms with Crippen molar-refractivity contribution in [3.63, 3.8) is 0 Å². The summed E-state index contributed by atoms with van der Waals surface area (Å²) < 4.78 is 28.1. The molecule has 0 aliphatic heterocycles. The molecule has 0 bridgehead atoms. The van der Waals surface area contributed by atoms with Crippen LogP contribution in [0.4, 0.5) is 0 Å². The SMILES string of the molecule is Cc1ccc(S(=O)(=O)[N-][C@H]2CCCC[C@@H]2[NH-])cc1.[Cl][Ru+2]. The van der Waals surface area contributed by atoms with Crippen LogP contribution in [0.2, 0.25) is 0 Å². The van der Waals surface area contributed by atoms with Gasteiger partial charge in [-0.25, -0.2) is 8.42 Å². The van der Waals surface area contributed by atoms with Gasteiger partial charge in [0.1, 0.15) is 10.0 Å². The molecule has 1 fully saturated rings. The average Bonchev–Trinajstić information content (AvgIpc) is 2.44. The Bertz CT molecular complexity index is 508. The van der Waals surface area contributed by atoms with Gasteiger partial charge < -0.3 is 10.5 Å². The molecule has 0 saturated heterocycles. The second-order valence-corrected chi connectivity index (χ2v) is 6.48. The second kappa shape index (κ2) is 8.45. The van der Waals surface area contributed by atoms with E-state index in [1.54, 1.807) is 24.3 Å². The van der Waals surface area contributed by atoms with Crippen LogP contribution in [0.5, 0.6) is 0 Å². The van der Waals surface area contributed by atoms with E-state index in [1.165, 1.54) is 0 Å². The summed E-state index contributed by atoms with van der Waals surface area (Å²) in [4.78, 5) is 0.228. The van der Waals surface area contributed by atoms with Gasteiger partial charge in [0.25, 0.3) is 0 Å². The third-order valence-electron chi connectivity index (χ3n) is 3.32. The van der Waals surface area contributed by atoms with E-state index in [-0.39, 0.29) is 17.0 Å². The van der Waals surface area contributed by atoms with Crippen LogP contribution in [0.3, 0.4) is 0 Å². The predicted octanol–water partition coefficient (Wildman–Crippen LogP) is 4.11. The molecule has 0 aromatic heterocycles. The molecule has 20 heavy (non-hydrogen) atoms. The summed E-state index contributed by atoms with van der Waals surface area (Å²) >= 11 is 1.82. The van der Waals surface area contributed by atoms with Gasteiger partial charge in [-0.1, -0.05) is 43.4 Å². The fourth-order valence-electron chi connectivity index (χ4n) is 2.19. The first-order valence-electron chi connectivity index (χ1n) is 6.37. The number of hydrogen-bond acceptors (Lipinski definition) is 2. The third kappa shape index (κ3) is 5.08. The number of benzene rings is 1. The predicted molar refractivity (Wildman–Crippen MR) is 77.9 cm³/mol. The molecule has 2 atom stereocenters. The Balaban J connectivity index is 0.000000956. The van der Waals surface area contributed by atoms with Gasteiger partial charge in [-0.15, -0.1) is 6.04 Å². The van der Waals surface area contributed by atoms with Crippen molar-refractivity contribution in [2.75, 3.05) is 0 Å². The molecule has 0 spiro atoms. The third-order valence-corrected chi connectivity index (χ3v) is 4.74. The number of nitrogens with zero attached hydrogens (tertiary/aromatic N) is 1. The van der Waals surface area contributed by atoms with Crippen LogP contribution in [0.25, 0.3) is 10.5 Å². The molecule has 0 amide bonds. The van der Waals surface area contributed by atoms with Crippen LogP contribution in [-0.4, -0.2) is 20.5 Å². The zero-order valence-electron chi connectivity index (χ0n) is 11.2. The van der Waals surface area contributed by atoms with Crippen molar-refractivity contribution in [1.29, 1.82) is 0 Å². The first-order valence-corrected chi connectivity index (χ1v) is 10.0. The molecule has 1 aliphatic carbocycles. The van der Waals surface area contributed by atoms with E-state index in [4.69, 9.17) is 5.73 Å². The molecule has 1 saturated carbocycles. The van der Waals surface area contributed by atoms with Gasteiger partial charge in [-0.2, -0.15) is 6.04 Å². The Morgan fingerprint density at radius 2 is 1.75 bits per heavy atom. The van der Waals surface area contributed by atoms with Crippen LogP contribution >= 0.6 is 9.69 Å². The van der Waals surface area contributed by atoms with Crippen molar-refractivity contribution in [3.05, 3.63) is 40.3 Å². The Morgan fingerprint density at radius 3 is 2.30 bits per heavy atom. The molecule has 1 aromatic carbocycles. The first kappa shape index (κ1) is 18.1. The average molecular weight is 403 g/mol. The minimum atomic E-state index is -3.60. The Labute approximate surface area is 135 Å². The molecule has 2 rings (SSSR count). The number of nitrogens with one attached hydrogen (secondary N) is 1. The van der Waals surface area contributed by atoms with Gasteiger partial charge in [0, 0.05) is 4.90 Å². The Hall–Kier alpha value is 0.00338. The first-order chi connectivity index (χ1) is 9.49. The zero-order valence-corrected chi connectivity index (χ0v) is 14.5. The van der Waals surface area contributed by atoms with E-state index < -0.39 is 10.0 Å². The summed E-state index contributed by atoms with van der Waals surface area (Å²) in [5, 5.41) is 0. The second-order valence-electron chi connectivity index (χ2n) is 4.85. The number of rotatable bonds is 3. The van der Waals surface area contributed by atoms with Crippen molar-refractivity contribution in [1.82, 2.24) is 0 Å². The minimum absolute atomic E-state index is 0.228. The molecule has 1 aliphatic rings. The number of aryl methyl sites for hydroxylation is 1. The van der Waals surface area contributed by atoms with E-state index in [1.807, 2.05) is 24.2 Å². The summed E-state index contributed by atoms with van der Waals surface area (Å²) in [6.07, 6.45) is 3.43. The van der Waals surface area contributed by atoms with E-state index in [0.29, 0.717) is 6.42 Å². The fourth-order valence-corrected chi connectivity index (χ4v) is 3.40. The summed E-state index contributed by atoms with van der Waals surface area (Å²) in [7, 11) is 0.964. The van der Waals surface area contributed by atoms with Crippen molar-refractivity contribution in [2.45, 2.75) is 49.6 Å². The molecule has 0 heterocycles. The molecular formula is C13H18ClN2O2RuS. The topological polar surface area (TPSA) is 72.0 Å². The molecule has 113 valence electrons. The van der Waals surface area contributed by atoms with Gasteiger partial charge in [-0.05, 0) is 19.1 Å². The van der Waals surface area contributed by atoms with Crippen molar-refractivity contribution < 1.29 is 25.7 Å². The molecule has 1 aromatic rings. The number of sulfonamides is 1. The summed E-state index contributed by atoms with van der Waals surface area (Å²) in [6, 6.07) is 5.94. The van der Waals surface area contributed by atoms with Crippen LogP contribution < -0.4 is 0 Å². The molecular weight excluding hydrogens is 385 g/mol. The molecule has 7 heteroatoms. The maximum absolute atomic E-state index is 12.1.